The maximum Gasteiger partial charge on any atom is 0.352 e. The Balaban J connectivity index is 1.88. The minimum absolute atomic E-state index is 0.313. The molecule has 1 aliphatic carbocycles. The summed E-state index contributed by atoms with van der Waals surface area (Å²) >= 11 is 0. The van der Waals surface area contributed by atoms with Gasteiger partial charge < -0.3 is 14.2 Å². The van der Waals surface area contributed by atoms with Crippen molar-refractivity contribution < 1.29 is 9.90 Å². The van der Waals surface area contributed by atoms with E-state index in [-0.39, 0.29) is 0 Å². The van der Waals surface area contributed by atoms with Crippen LogP contribution in [0.1, 0.15) is 35.1 Å². The Morgan fingerprint density at radius 2 is 2.35 bits per heavy atom. The fraction of sp³-hybridized carbons (Fsp3) is 0.333. The summed E-state index contributed by atoms with van der Waals surface area (Å²) in [7, 11) is 0. The first-order valence-corrected chi connectivity index (χ1v) is 5.65. The Morgan fingerprint density at radius 3 is 3.06 bits per heavy atom. The average molecular weight is 231 g/mol. The second-order valence-corrected chi connectivity index (χ2v) is 4.35. The van der Waals surface area contributed by atoms with E-state index in [0.717, 1.165) is 5.69 Å². The molecule has 0 atom stereocenters. The quantitative estimate of drug-likeness (QED) is 0.872. The molecule has 1 N–H and O–H groups in total. The fourth-order valence-electron chi connectivity index (χ4n) is 2.06. The second kappa shape index (κ2) is 3.76. The molecule has 2 heterocycles. The van der Waals surface area contributed by atoms with Crippen LogP contribution in [0.4, 0.5) is 0 Å². The van der Waals surface area contributed by atoms with Crippen molar-refractivity contribution in [3.8, 4) is 0 Å². The molecule has 0 aromatic carbocycles. The van der Waals surface area contributed by atoms with Crippen molar-refractivity contribution in [2.45, 2.75) is 25.4 Å². The number of carboxylic acid groups (broad SMARTS) is 1. The molecule has 1 fully saturated rings. The van der Waals surface area contributed by atoms with E-state index < -0.39 is 5.97 Å². The molecular formula is C12H13N3O2. The van der Waals surface area contributed by atoms with Gasteiger partial charge in [0.1, 0.15) is 5.69 Å². The van der Waals surface area contributed by atoms with Gasteiger partial charge in [-0.1, -0.05) is 0 Å². The van der Waals surface area contributed by atoms with Crippen LogP contribution in [-0.2, 0) is 6.54 Å². The van der Waals surface area contributed by atoms with Crippen LogP contribution in [0.3, 0.4) is 0 Å². The molecule has 2 aromatic rings. The Morgan fingerprint density at radius 1 is 1.53 bits per heavy atom. The summed E-state index contributed by atoms with van der Waals surface area (Å²) in [5, 5.41) is 9.03. The molecule has 1 aliphatic rings. The molecule has 0 unspecified atom stereocenters. The molecular weight excluding hydrogens is 218 g/mol. The zero-order chi connectivity index (χ0) is 11.8. The predicted molar refractivity (Wildman–Crippen MR) is 61.0 cm³/mol. The van der Waals surface area contributed by atoms with Crippen LogP contribution in [0.25, 0.3) is 0 Å². The number of aromatic carboxylic acids is 1. The molecule has 5 nitrogen and oxygen atoms in total. The zero-order valence-corrected chi connectivity index (χ0v) is 9.28. The van der Waals surface area contributed by atoms with Gasteiger partial charge in [0.25, 0.3) is 0 Å². The SMILES string of the molecule is O=C(O)c1cccn1Cc1cncn1C1CC1. The monoisotopic (exact) mass is 231 g/mol. The Bertz CT molecular complexity index is 552. The summed E-state index contributed by atoms with van der Waals surface area (Å²) in [6.45, 7) is 0.561. The van der Waals surface area contributed by atoms with Gasteiger partial charge in [0, 0.05) is 18.4 Å². The van der Waals surface area contributed by atoms with Crippen molar-refractivity contribution >= 4 is 5.97 Å². The number of carboxylic acids is 1. The molecule has 17 heavy (non-hydrogen) atoms. The third-order valence-corrected chi connectivity index (χ3v) is 3.07. The first kappa shape index (κ1) is 10.1. The maximum atomic E-state index is 11.0. The van der Waals surface area contributed by atoms with Crippen molar-refractivity contribution in [3.05, 3.63) is 42.2 Å². The number of rotatable bonds is 4. The van der Waals surface area contributed by atoms with Crippen LogP contribution in [0, 0.1) is 0 Å². The number of hydrogen-bond acceptors (Lipinski definition) is 2. The third kappa shape index (κ3) is 1.84. The van der Waals surface area contributed by atoms with Gasteiger partial charge in [0.2, 0.25) is 0 Å². The van der Waals surface area contributed by atoms with Gasteiger partial charge in [-0.15, -0.1) is 0 Å². The molecule has 2 aromatic heterocycles. The minimum atomic E-state index is -0.896. The van der Waals surface area contributed by atoms with E-state index in [9.17, 15) is 4.79 Å². The molecule has 88 valence electrons. The van der Waals surface area contributed by atoms with Gasteiger partial charge in [0.15, 0.2) is 0 Å². The second-order valence-electron chi connectivity index (χ2n) is 4.35. The van der Waals surface area contributed by atoms with Gasteiger partial charge >= 0.3 is 5.97 Å². The largest absolute Gasteiger partial charge is 0.477 e. The highest BCUT2D eigenvalue weighted by Gasteiger charge is 2.25. The fourth-order valence-corrected chi connectivity index (χ4v) is 2.06. The van der Waals surface area contributed by atoms with E-state index in [1.54, 1.807) is 22.9 Å². The number of nitrogens with zero attached hydrogens (tertiary/aromatic N) is 3. The van der Waals surface area contributed by atoms with Crippen molar-refractivity contribution in [3.63, 3.8) is 0 Å². The van der Waals surface area contributed by atoms with E-state index >= 15 is 0 Å². The van der Waals surface area contributed by atoms with Crippen LogP contribution < -0.4 is 0 Å². The lowest BCUT2D eigenvalue weighted by Crippen LogP contribution is -2.11. The van der Waals surface area contributed by atoms with E-state index in [4.69, 9.17) is 5.11 Å². The highest BCUT2D eigenvalue weighted by Crippen LogP contribution is 2.35. The molecule has 0 amide bonds. The molecule has 0 aliphatic heterocycles. The average Bonchev–Trinajstić information content (AvgIpc) is 2.86. The Labute approximate surface area is 98.3 Å². The van der Waals surface area contributed by atoms with Gasteiger partial charge in [-0.2, -0.15) is 0 Å². The van der Waals surface area contributed by atoms with Gasteiger partial charge in [-0.3, -0.25) is 0 Å². The first-order valence-electron chi connectivity index (χ1n) is 5.65. The van der Waals surface area contributed by atoms with Crippen molar-refractivity contribution in [1.82, 2.24) is 14.1 Å². The summed E-state index contributed by atoms with van der Waals surface area (Å²) in [6.07, 6.45) is 7.82. The van der Waals surface area contributed by atoms with E-state index in [1.165, 1.54) is 12.8 Å². The number of imidazole rings is 1. The van der Waals surface area contributed by atoms with Gasteiger partial charge in [-0.25, -0.2) is 9.78 Å². The number of carbonyl (C=O) groups is 1. The summed E-state index contributed by atoms with van der Waals surface area (Å²) in [5.41, 5.74) is 1.37. The summed E-state index contributed by atoms with van der Waals surface area (Å²) in [4.78, 5) is 15.1. The summed E-state index contributed by atoms with van der Waals surface area (Å²) < 4.78 is 3.88. The van der Waals surface area contributed by atoms with Crippen LogP contribution >= 0.6 is 0 Å². The molecule has 5 heteroatoms. The molecule has 3 rings (SSSR count). The lowest BCUT2D eigenvalue weighted by molar-refractivity contribution is 0.0685. The lowest BCUT2D eigenvalue weighted by atomic mass is 10.4. The highest BCUT2D eigenvalue weighted by atomic mass is 16.4. The van der Waals surface area contributed by atoms with Crippen LogP contribution in [0.15, 0.2) is 30.9 Å². The van der Waals surface area contributed by atoms with Crippen molar-refractivity contribution in [1.29, 1.82) is 0 Å². The molecule has 0 bridgehead atoms. The van der Waals surface area contributed by atoms with Crippen molar-refractivity contribution in [2.24, 2.45) is 0 Å². The highest BCUT2D eigenvalue weighted by molar-refractivity contribution is 5.85. The van der Waals surface area contributed by atoms with E-state index in [2.05, 4.69) is 9.55 Å². The zero-order valence-electron chi connectivity index (χ0n) is 9.28. The Kier molecular flexibility index (Phi) is 2.24. The summed E-state index contributed by atoms with van der Waals surface area (Å²) in [5.74, 6) is -0.896. The molecule has 0 spiro atoms. The lowest BCUT2D eigenvalue weighted by Gasteiger charge is -2.09. The Hall–Kier alpha value is -2.04. The third-order valence-electron chi connectivity index (χ3n) is 3.07. The molecule has 1 saturated carbocycles. The topological polar surface area (TPSA) is 60.0 Å². The number of hydrogen-bond donors (Lipinski definition) is 1. The van der Waals surface area contributed by atoms with Crippen molar-refractivity contribution in [2.75, 3.05) is 0 Å². The molecule has 0 saturated heterocycles. The minimum Gasteiger partial charge on any atom is -0.477 e. The summed E-state index contributed by atoms with van der Waals surface area (Å²) in [6, 6.07) is 3.93. The first-order chi connectivity index (χ1) is 8.25. The van der Waals surface area contributed by atoms with Gasteiger partial charge in [-0.05, 0) is 25.0 Å². The van der Waals surface area contributed by atoms with E-state index in [0.29, 0.717) is 18.3 Å². The van der Waals surface area contributed by atoms with Crippen LogP contribution in [0.2, 0.25) is 0 Å². The molecule has 0 radical (unpaired) electrons. The standard InChI is InChI=1S/C12H13N3O2/c16-12(17)11-2-1-5-14(11)7-10-6-13-8-15(10)9-3-4-9/h1-2,5-6,8-9H,3-4,7H2,(H,16,17). The predicted octanol–water partition coefficient (Wildman–Crippen LogP) is 1.77. The van der Waals surface area contributed by atoms with Gasteiger partial charge in [0.05, 0.1) is 18.6 Å². The van der Waals surface area contributed by atoms with Crippen LogP contribution in [-0.4, -0.2) is 25.2 Å². The van der Waals surface area contributed by atoms with Crippen LogP contribution in [0.5, 0.6) is 0 Å². The number of aromatic nitrogens is 3. The maximum absolute atomic E-state index is 11.0. The van der Waals surface area contributed by atoms with E-state index in [1.807, 2.05) is 12.5 Å². The smallest absolute Gasteiger partial charge is 0.352 e. The normalized spacial score (nSPS) is 15.1.